The van der Waals surface area contributed by atoms with Crippen LogP contribution in [0.4, 0.5) is 4.79 Å². The summed E-state index contributed by atoms with van der Waals surface area (Å²) in [4.78, 5) is 13.7. The van der Waals surface area contributed by atoms with Crippen LogP contribution in [0.25, 0.3) is 0 Å². The number of nitrogens with zero attached hydrogens (tertiary/aromatic N) is 1. The van der Waals surface area contributed by atoms with E-state index < -0.39 is 5.60 Å². The molecule has 21 heavy (non-hydrogen) atoms. The van der Waals surface area contributed by atoms with Crippen LogP contribution in [0.2, 0.25) is 0 Å². The van der Waals surface area contributed by atoms with E-state index in [1.807, 2.05) is 37.3 Å². The first-order valence-corrected chi connectivity index (χ1v) is 7.31. The quantitative estimate of drug-likeness (QED) is 0.866. The van der Waals surface area contributed by atoms with Crippen LogP contribution < -0.4 is 0 Å². The topological polar surface area (TPSA) is 49.8 Å². The monoisotopic (exact) mass is 289 g/mol. The summed E-state index contributed by atoms with van der Waals surface area (Å²) in [6.07, 6.45) is 1.43. The number of hydrogen-bond donors (Lipinski definition) is 1. The highest BCUT2D eigenvalue weighted by Crippen LogP contribution is 2.28. The van der Waals surface area contributed by atoms with Gasteiger partial charge in [-0.25, -0.2) is 4.79 Å². The van der Waals surface area contributed by atoms with E-state index in [0.29, 0.717) is 32.4 Å². The lowest BCUT2D eigenvalue weighted by Gasteiger charge is -2.37. The molecule has 1 saturated heterocycles. The summed E-state index contributed by atoms with van der Waals surface area (Å²) in [5.74, 6) is 0. The Balaban J connectivity index is 1.79. The van der Waals surface area contributed by atoms with Gasteiger partial charge in [0.25, 0.3) is 0 Å². The second-order valence-corrected chi connectivity index (χ2v) is 5.89. The first-order valence-electron chi connectivity index (χ1n) is 7.31. The van der Waals surface area contributed by atoms with Gasteiger partial charge in [0.15, 0.2) is 0 Å². The van der Waals surface area contributed by atoms with Crippen LogP contribution in [0.15, 0.2) is 42.5 Å². The van der Waals surface area contributed by atoms with Crippen molar-refractivity contribution in [1.29, 1.82) is 0 Å². The second-order valence-electron chi connectivity index (χ2n) is 5.89. The summed E-state index contributed by atoms with van der Waals surface area (Å²) < 4.78 is 5.30. The zero-order chi connectivity index (χ0) is 15.3. The van der Waals surface area contributed by atoms with Gasteiger partial charge in [0, 0.05) is 13.1 Å². The average molecular weight is 289 g/mol. The molecule has 1 aliphatic rings. The van der Waals surface area contributed by atoms with E-state index in [0.717, 1.165) is 11.1 Å². The third-order valence-electron chi connectivity index (χ3n) is 3.79. The van der Waals surface area contributed by atoms with Gasteiger partial charge in [-0.2, -0.15) is 0 Å². The first kappa shape index (κ1) is 15.6. The zero-order valence-corrected chi connectivity index (χ0v) is 12.5. The molecule has 0 atom stereocenters. The number of ether oxygens (including phenoxy) is 1. The summed E-state index contributed by atoms with van der Waals surface area (Å²) in [5, 5.41) is 10.4. The molecular formula is C17H23NO3. The van der Waals surface area contributed by atoms with Crippen molar-refractivity contribution in [2.24, 2.45) is 0 Å². The van der Waals surface area contributed by atoms with Gasteiger partial charge in [0.1, 0.15) is 6.61 Å². The highest BCUT2D eigenvalue weighted by Gasteiger charge is 2.34. The van der Waals surface area contributed by atoms with Crippen LogP contribution in [0.3, 0.4) is 0 Å². The molecule has 0 saturated carbocycles. The fraction of sp³-hybridized carbons (Fsp3) is 0.471. The fourth-order valence-corrected chi connectivity index (χ4v) is 2.65. The Morgan fingerprint density at radius 1 is 1.33 bits per heavy atom. The molecule has 0 spiro atoms. The Hall–Kier alpha value is -1.81. The van der Waals surface area contributed by atoms with E-state index in [-0.39, 0.29) is 12.7 Å². The summed E-state index contributed by atoms with van der Waals surface area (Å²) in [7, 11) is 0. The summed E-state index contributed by atoms with van der Waals surface area (Å²) in [6, 6.07) is 9.62. The van der Waals surface area contributed by atoms with Crippen LogP contribution in [0.5, 0.6) is 0 Å². The summed E-state index contributed by atoms with van der Waals surface area (Å²) >= 11 is 0. The minimum absolute atomic E-state index is 0.284. The normalized spacial score (nSPS) is 17.3. The van der Waals surface area contributed by atoms with E-state index >= 15 is 0 Å². The van der Waals surface area contributed by atoms with Gasteiger partial charge < -0.3 is 14.7 Å². The van der Waals surface area contributed by atoms with Crippen molar-refractivity contribution in [3.05, 3.63) is 48.0 Å². The largest absolute Gasteiger partial charge is 0.445 e. The molecule has 0 bridgehead atoms. The minimum Gasteiger partial charge on any atom is -0.445 e. The average Bonchev–Trinajstić information content (AvgIpc) is 2.45. The van der Waals surface area contributed by atoms with E-state index in [4.69, 9.17) is 4.74 Å². The Morgan fingerprint density at radius 3 is 2.52 bits per heavy atom. The number of benzene rings is 1. The molecule has 1 heterocycles. The van der Waals surface area contributed by atoms with E-state index in [9.17, 15) is 9.90 Å². The lowest BCUT2D eigenvalue weighted by atomic mass is 9.86. The predicted octanol–water partition coefficient (Wildman–Crippen LogP) is 3.12. The lowest BCUT2D eigenvalue weighted by molar-refractivity contribution is -0.0204. The number of carbonyl (C=O) groups excluding carboxylic acids is 1. The Morgan fingerprint density at radius 2 is 1.95 bits per heavy atom. The molecule has 4 nitrogen and oxygen atoms in total. The van der Waals surface area contributed by atoms with Crippen LogP contribution in [0, 0.1) is 0 Å². The highest BCUT2D eigenvalue weighted by molar-refractivity contribution is 5.67. The van der Waals surface area contributed by atoms with Gasteiger partial charge in [0.2, 0.25) is 0 Å². The van der Waals surface area contributed by atoms with Crippen LogP contribution in [-0.4, -0.2) is 34.8 Å². The molecule has 1 amide bonds. The number of aliphatic hydroxyl groups is 1. The third kappa shape index (κ3) is 4.60. The minimum atomic E-state index is -0.720. The van der Waals surface area contributed by atoms with Crippen LogP contribution >= 0.6 is 0 Å². The molecule has 1 aromatic rings. The molecule has 1 aromatic carbocycles. The molecule has 114 valence electrons. The van der Waals surface area contributed by atoms with Gasteiger partial charge in [-0.15, -0.1) is 6.58 Å². The summed E-state index contributed by atoms with van der Waals surface area (Å²) in [5.41, 5.74) is 1.22. The van der Waals surface area contributed by atoms with Gasteiger partial charge in [-0.1, -0.05) is 35.9 Å². The zero-order valence-electron chi connectivity index (χ0n) is 12.5. The maximum atomic E-state index is 12.0. The molecule has 4 heteroatoms. The van der Waals surface area contributed by atoms with Gasteiger partial charge in [-0.3, -0.25) is 0 Å². The van der Waals surface area contributed by atoms with Crippen molar-refractivity contribution < 1.29 is 14.6 Å². The van der Waals surface area contributed by atoms with Crippen molar-refractivity contribution in [3.8, 4) is 0 Å². The van der Waals surface area contributed by atoms with Crippen molar-refractivity contribution in [1.82, 2.24) is 4.90 Å². The number of hydrogen-bond acceptors (Lipinski definition) is 3. The molecule has 0 aromatic heterocycles. The number of rotatable bonds is 4. The third-order valence-corrected chi connectivity index (χ3v) is 3.79. The predicted molar refractivity (Wildman–Crippen MR) is 81.8 cm³/mol. The lowest BCUT2D eigenvalue weighted by Crippen LogP contribution is -2.46. The van der Waals surface area contributed by atoms with Crippen molar-refractivity contribution in [2.75, 3.05) is 13.1 Å². The molecule has 0 unspecified atom stereocenters. The molecule has 2 rings (SSSR count). The smallest absolute Gasteiger partial charge is 0.410 e. The van der Waals surface area contributed by atoms with Crippen molar-refractivity contribution >= 4 is 6.09 Å². The number of carbonyl (C=O) groups is 1. The Labute approximate surface area is 126 Å². The first-order chi connectivity index (χ1) is 9.98. The van der Waals surface area contributed by atoms with E-state index in [1.54, 1.807) is 4.90 Å². The SMILES string of the molecule is C=C(C)CC1(O)CCN(C(=O)OCc2ccccc2)CC1. The second kappa shape index (κ2) is 6.76. The van der Waals surface area contributed by atoms with Gasteiger partial charge >= 0.3 is 6.09 Å². The summed E-state index contributed by atoms with van der Waals surface area (Å²) in [6.45, 7) is 7.10. The molecule has 1 fully saturated rings. The molecule has 0 aliphatic carbocycles. The Bertz CT molecular complexity index is 490. The number of piperidine rings is 1. The van der Waals surface area contributed by atoms with Crippen molar-refractivity contribution in [2.45, 2.75) is 38.4 Å². The van der Waals surface area contributed by atoms with E-state index in [1.165, 1.54) is 0 Å². The molecular weight excluding hydrogens is 266 g/mol. The fourth-order valence-electron chi connectivity index (χ4n) is 2.65. The van der Waals surface area contributed by atoms with Crippen LogP contribution in [0.1, 0.15) is 31.7 Å². The molecule has 1 aliphatic heterocycles. The molecule has 1 N–H and O–H groups in total. The number of likely N-dealkylation sites (tertiary alicyclic amines) is 1. The standard InChI is InChI=1S/C17H23NO3/c1-14(2)12-17(20)8-10-18(11-9-17)16(19)21-13-15-6-4-3-5-7-15/h3-7,20H,1,8-13H2,2H3. The number of amides is 1. The Kier molecular flexibility index (Phi) is 5.02. The van der Waals surface area contributed by atoms with Gasteiger partial charge in [0.05, 0.1) is 5.60 Å². The van der Waals surface area contributed by atoms with Crippen LogP contribution in [-0.2, 0) is 11.3 Å². The molecule has 0 radical (unpaired) electrons. The maximum absolute atomic E-state index is 12.0. The highest BCUT2D eigenvalue weighted by atomic mass is 16.6. The maximum Gasteiger partial charge on any atom is 0.410 e. The van der Waals surface area contributed by atoms with Crippen molar-refractivity contribution in [3.63, 3.8) is 0 Å². The van der Waals surface area contributed by atoms with E-state index in [2.05, 4.69) is 6.58 Å². The van der Waals surface area contributed by atoms with Gasteiger partial charge in [-0.05, 0) is 31.7 Å².